The Hall–Kier alpha value is -3.82. The molecule has 0 spiro atoms. The fraction of sp³-hybridized carbons (Fsp3) is 0.167. The van der Waals surface area contributed by atoms with Crippen LogP contribution in [0.15, 0.2) is 54.1 Å². The molecule has 0 bridgehead atoms. The minimum absolute atomic E-state index is 0.286. The number of nitrogens with zero attached hydrogens (tertiary/aromatic N) is 6. The number of carbonyl (C=O) groups excluding carboxylic acids is 1. The summed E-state index contributed by atoms with van der Waals surface area (Å²) in [4.78, 5) is 17.6. The van der Waals surface area contributed by atoms with Crippen molar-refractivity contribution < 1.29 is 19.1 Å². The highest BCUT2D eigenvalue weighted by Crippen LogP contribution is 2.29. The van der Waals surface area contributed by atoms with Gasteiger partial charge in [0.25, 0.3) is 0 Å². The standard InChI is InChI=1S/C18H15FN6O3/c19-17-7-14(3-4-16(17)12-1-2-13(9-22-27)20-8-12)25-11-15(28-18(25)26)10-24-6-5-21-23-24/h1-9,15,27H,10-11H2/b22-9+/t15-/m0/s1. The molecule has 142 valence electrons. The van der Waals surface area contributed by atoms with E-state index in [-0.39, 0.29) is 6.54 Å². The Morgan fingerprint density at radius 2 is 2.25 bits per heavy atom. The van der Waals surface area contributed by atoms with Gasteiger partial charge in [-0.25, -0.2) is 13.9 Å². The van der Waals surface area contributed by atoms with E-state index in [9.17, 15) is 9.18 Å². The van der Waals surface area contributed by atoms with Crippen molar-refractivity contribution in [3.05, 3.63) is 60.4 Å². The van der Waals surface area contributed by atoms with Crippen LogP contribution in [-0.4, -0.2) is 50.1 Å². The van der Waals surface area contributed by atoms with E-state index in [4.69, 9.17) is 9.94 Å². The third-order valence-corrected chi connectivity index (χ3v) is 4.29. The Kier molecular flexibility index (Phi) is 4.67. The number of oxime groups is 1. The predicted molar refractivity (Wildman–Crippen MR) is 96.6 cm³/mol. The van der Waals surface area contributed by atoms with E-state index in [2.05, 4.69) is 20.5 Å². The van der Waals surface area contributed by atoms with Crippen molar-refractivity contribution in [1.29, 1.82) is 0 Å². The van der Waals surface area contributed by atoms with Gasteiger partial charge >= 0.3 is 6.09 Å². The first kappa shape index (κ1) is 17.6. The lowest BCUT2D eigenvalue weighted by atomic mass is 10.1. The molecule has 9 nitrogen and oxygen atoms in total. The maximum Gasteiger partial charge on any atom is 0.414 e. The summed E-state index contributed by atoms with van der Waals surface area (Å²) in [5, 5.41) is 19.0. The first-order valence-corrected chi connectivity index (χ1v) is 8.39. The summed E-state index contributed by atoms with van der Waals surface area (Å²) >= 11 is 0. The zero-order valence-corrected chi connectivity index (χ0v) is 14.5. The maximum absolute atomic E-state index is 14.7. The summed E-state index contributed by atoms with van der Waals surface area (Å²) in [5.41, 5.74) is 1.76. The van der Waals surface area contributed by atoms with Crippen LogP contribution in [0.4, 0.5) is 14.9 Å². The van der Waals surface area contributed by atoms with Crippen molar-refractivity contribution in [2.24, 2.45) is 5.16 Å². The monoisotopic (exact) mass is 382 g/mol. The molecule has 1 aliphatic heterocycles. The van der Waals surface area contributed by atoms with Gasteiger partial charge in [0.1, 0.15) is 11.9 Å². The fourth-order valence-electron chi connectivity index (χ4n) is 2.97. The number of halogens is 1. The number of amides is 1. The highest BCUT2D eigenvalue weighted by molar-refractivity contribution is 5.90. The SMILES string of the molecule is O=C1O[C@@H](Cn2ccnn2)CN1c1ccc(-c2ccc(/C=N/O)nc2)c(F)c1. The molecule has 1 aliphatic rings. The van der Waals surface area contributed by atoms with Gasteiger partial charge in [0.05, 0.1) is 36.9 Å². The van der Waals surface area contributed by atoms with E-state index < -0.39 is 18.0 Å². The van der Waals surface area contributed by atoms with Gasteiger partial charge in [-0.05, 0) is 24.3 Å². The zero-order chi connectivity index (χ0) is 19.5. The van der Waals surface area contributed by atoms with Crippen LogP contribution in [0.5, 0.6) is 0 Å². The van der Waals surface area contributed by atoms with Gasteiger partial charge in [-0.1, -0.05) is 16.4 Å². The van der Waals surface area contributed by atoms with Crippen molar-refractivity contribution in [3.63, 3.8) is 0 Å². The molecule has 3 heterocycles. The summed E-state index contributed by atoms with van der Waals surface area (Å²) < 4.78 is 21.6. The number of benzene rings is 1. The Labute approximate surface area is 158 Å². The number of hydrogen-bond donors (Lipinski definition) is 1. The molecule has 3 aromatic rings. The van der Waals surface area contributed by atoms with Crippen molar-refractivity contribution in [1.82, 2.24) is 20.0 Å². The van der Waals surface area contributed by atoms with Crippen LogP contribution in [0.2, 0.25) is 0 Å². The number of pyridine rings is 1. The van der Waals surface area contributed by atoms with Crippen LogP contribution >= 0.6 is 0 Å². The number of aromatic nitrogens is 4. The molecule has 4 rings (SSSR count). The van der Waals surface area contributed by atoms with Gasteiger partial charge in [0, 0.05) is 23.5 Å². The minimum atomic E-state index is -0.536. The summed E-state index contributed by atoms with van der Waals surface area (Å²) in [6.45, 7) is 0.659. The van der Waals surface area contributed by atoms with Crippen LogP contribution in [0.3, 0.4) is 0 Å². The molecule has 1 fully saturated rings. The molecular formula is C18H15FN6O3. The second-order valence-corrected chi connectivity index (χ2v) is 6.12. The number of hydrogen-bond acceptors (Lipinski definition) is 7. The average molecular weight is 382 g/mol. The van der Waals surface area contributed by atoms with Gasteiger partial charge < -0.3 is 9.94 Å². The number of anilines is 1. The summed E-state index contributed by atoms with van der Waals surface area (Å²) in [5.74, 6) is -0.490. The molecule has 1 amide bonds. The van der Waals surface area contributed by atoms with Crippen molar-refractivity contribution in [3.8, 4) is 11.1 Å². The number of cyclic esters (lactones) is 1. The molecule has 0 unspecified atom stereocenters. The first-order valence-electron chi connectivity index (χ1n) is 8.39. The Balaban J connectivity index is 1.51. The Morgan fingerprint density at radius 1 is 1.36 bits per heavy atom. The van der Waals surface area contributed by atoms with Crippen LogP contribution in [0.1, 0.15) is 5.69 Å². The molecule has 10 heteroatoms. The summed E-state index contributed by atoms with van der Waals surface area (Å²) in [7, 11) is 0. The highest BCUT2D eigenvalue weighted by atomic mass is 19.1. The van der Waals surface area contributed by atoms with Crippen molar-refractivity contribution in [2.75, 3.05) is 11.4 Å². The molecule has 1 N–H and O–H groups in total. The second-order valence-electron chi connectivity index (χ2n) is 6.12. The Morgan fingerprint density at radius 3 is 2.93 bits per heavy atom. The lowest BCUT2D eigenvalue weighted by Gasteiger charge is -2.14. The van der Waals surface area contributed by atoms with Crippen LogP contribution in [0.25, 0.3) is 11.1 Å². The van der Waals surface area contributed by atoms with E-state index in [1.807, 2.05) is 0 Å². The molecular weight excluding hydrogens is 367 g/mol. The lowest BCUT2D eigenvalue weighted by molar-refractivity contribution is 0.129. The number of rotatable bonds is 5. The van der Waals surface area contributed by atoms with Gasteiger partial charge in [0.2, 0.25) is 0 Å². The van der Waals surface area contributed by atoms with E-state index >= 15 is 0 Å². The van der Waals surface area contributed by atoms with Gasteiger partial charge in [-0.2, -0.15) is 0 Å². The lowest BCUT2D eigenvalue weighted by Crippen LogP contribution is -2.26. The quantitative estimate of drug-likeness (QED) is 0.412. The van der Waals surface area contributed by atoms with E-state index in [0.717, 1.165) is 0 Å². The van der Waals surface area contributed by atoms with E-state index in [1.54, 1.807) is 41.3 Å². The van der Waals surface area contributed by atoms with E-state index in [1.165, 1.54) is 23.4 Å². The van der Waals surface area contributed by atoms with Gasteiger partial charge in [-0.3, -0.25) is 9.88 Å². The molecule has 1 aromatic carbocycles. The van der Waals surface area contributed by atoms with Crippen LogP contribution < -0.4 is 4.90 Å². The molecule has 2 aromatic heterocycles. The molecule has 1 atom stereocenters. The smallest absolute Gasteiger partial charge is 0.414 e. The third-order valence-electron chi connectivity index (χ3n) is 4.29. The number of ether oxygens (including phenoxy) is 1. The minimum Gasteiger partial charge on any atom is -0.442 e. The predicted octanol–water partition coefficient (Wildman–Crippen LogP) is 2.31. The van der Waals surface area contributed by atoms with Crippen LogP contribution in [-0.2, 0) is 11.3 Å². The molecule has 0 saturated carbocycles. The molecule has 0 radical (unpaired) electrons. The summed E-state index contributed by atoms with van der Waals surface area (Å²) in [6, 6.07) is 7.80. The topological polar surface area (TPSA) is 106 Å². The largest absolute Gasteiger partial charge is 0.442 e. The zero-order valence-electron chi connectivity index (χ0n) is 14.5. The first-order chi connectivity index (χ1) is 13.6. The van der Waals surface area contributed by atoms with Crippen LogP contribution in [0, 0.1) is 5.82 Å². The molecule has 0 aliphatic carbocycles. The fourth-order valence-corrected chi connectivity index (χ4v) is 2.97. The maximum atomic E-state index is 14.7. The van der Waals surface area contributed by atoms with Gasteiger partial charge in [-0.15, -0.1) is 5.10 Å². The normalized spacial score (nSPS) is 16.7. The van der Waals surface area contributed by atoms with Crippen molar-refractivity contribution >= 4 is 18.0 Å². The molecule has 1 saturated heterocycles. The Bertz CT molecular complexity index is 1010. The average Bonchev–Trinajstić information content (AvgIpc) is 3.32. The highest BCUT2D eigenvalue weighted by Gasteiger charge is 2.33. The third kappa shape index (κ3) is 3.52. The van der Waals surface area contributed by atoms with Gasteiger partial charge in [0.15, 0.2) is 0 Å². The summed E-state index contributed by atoms with van der Waals surface area (Å²) in [6.07, 6.45) is 4.94. The molecule has 28 heavy (non-hydrogen) atoms. The van der Waals surface area contributed by atoms with E-state index in [0.29, 0.717) is 29.1 Å². The second kappa shape index (κ2) is 7.43. The van der Waals surface area contributed by atoms with Crippen molar-refractivity contribution in [2.45, 2.75) is 12.6 Å². The number of carbonyl (C=O) groups is 1.